The van der Waals surface area contributed by atoms with Crippen LogP contribution in [0.3, 0.4) is 0 Å². The van der Waals surface area contributed by atoms with Gasteiger partial charge in [-0.3, -0.25) is 0 Å². The van der Waals surface area contributed by atoms with Gasteiger partial charge < -0.3 is 24.4 Å². The van der Waals surface area contributed by atoms with Gasteiger partial charge in [0, 0.05) is 38.9 Å². The van der Waals surface area contributed by atoms with Gasteiger partial charge in [-0.05, 0) is 6.92 Å². The van der Waals surface area contributed by atoms with Crippen molar-refractivity contribution in [3.05, 3.63) is 0 Å². The maximum atomic E-state index is 10.3. The number of aliphatic hydroxyl groups excluding tert-OH is 1. The van der Waals surface area contributed by atoms with Crippen molar-refractivity contribution < 1.29 is 24.4 Å². The van der Waals surface area contributed by atoms with Crippen molar-refractivity contribution in [2.45, 2.75) is 44.1 Å². The van der Waals surface area contributed by atoms with Crippen molar-refractivity contribution in [1.82, 2.24) is 0 Å². The summed E-state index contributed by atoms with van der Waals surface area (Å²) in [5.41, 5.74) is -0.941. The number of methoxy groups -OCH3 is 2. The molecule has 1 saturated heterocycles. The maximum Gasteiger partial charge on any atom is 0.166 e. The van der Waals surface area contributed by atoms with Crippen LogP contribution in [0.5, 0.6) is 0 Å². The lowest BCUT2D eigenvalue weighted by atomic mass is 9.82. The zero-order chi connectivity index (χ0) is 11.9. The molecule has 6 unspecified atom stereocenters. The number of ether oxygens (including phenoxy) is 3. The molecular weight excluding hydrogens is 212 g/mol. The van der Waals surface area contributed by atoms with Crippen LogP contribution in [-0.2, 0) is 14.2 Å². The first kappa shape index (κ1) is 12.3. The van der Waals surface area contributed by atoms with E-state index in [2.05, 4.69) is 0 Å². The second-order valence-corrected chi connectivity index (χ2v) is 4.96. The van der Waals surface area contributed by atoms with Crippen molar-refractivity contribution in [1.29, 1.82) is 0 Å². The molecule has 94 valence electrons. The van der Waals surface area contributed by atoms with Crippen LogP contribution in [0.25, 0.3) is 0 Å². The fraction of sp³-hybridized carbons (Fsp3) is 1.00. The molecule has 5 nitrogen and oxygen atoms in total. The summed E-state index contributed by atoms with van der Waals surface area (Å²) < 4.78 is 16.0. The first-order valence-corrected chi connectivity index (χ1v) is 5.61. The first-order valence-electron chi connectivity index (χ1n) is 5.61. The van der Waals surface area contributed by atoms with Crippen LogP contribution in [0.2, 0.25) is 0 Å². The number of fused-ring (bicyclic) bond motifs is 1. The summed E-state index contributed by atoms with van der Waals surface area (Å²) in [5, 5.41) is 20.2. The Morgan fingerprint density at radius 3 is 2.56 bits per heavy atom. The lowest BCUT2D eigenvalue weighted by molar-refractivity contribution is -0.301. The predicted octanol–water partition coefficient (Wildman–Crippen LogP) is 0.0997. The van der Waals surface area contributed by atoms with Crippen molar-refractivity contribution >= 4 is 0 Å². The quantitative estimate of drug-likeness (QED) is 0.706. The number of rotatable bonds is 2. The highest BCUT2D eigenvalue weighted by Crippen LogP contribution is 2.48. The number of hydrogen-bond donors (Lipinski definition) is 2. The molecular formula is C11H20O5. The van der Waals surface area contributed by atoms with Crippen LogP contribution in [0, 0.1) is 11.8 Å². The Bertz CT molecular complexity index is 255. The van der Waals surface area contributed by atoms with E-state index in [0.29, 0.717) is 12.8 Å². The van der Waals surface area contributed by atoms with E-state index >= 15 is 0 Å². The van der Waals surface area contributed by atoms with Crippen LogP contribution >= 0.6 is 0 Å². The highest BCUT2D eigenvalue weighted by Gasteiger charge is 2.56. The third-order valence-electron chi connectivity index (χ3n) is 3.83. The fourth-order valence-corrected chi connectivity index (χ4v) is 3.08. The Morgan fingerprint density at radius 1 is 1.31 bits per heavy atom. The first-order chi connectivity index (χ1) is 7.49. The zero-order valence-corrected chi connectivity index (χ0v) is 9.92. The van der Waals surface area contributed by atoms with E-state index < -0.39 is 18.0 Å². The minimum absolute atomic E-state index is 0.0290. The van der Waals surface area contributed by atoms with Gasteiger partial charge in [0.2, 0.25) is 0 Å². The van der Waals surface area contributed by atoms with E-state index in [1.165, 1.54) is 0 Å². The molecule has 5 heteroatoms. The number of aliphatic hydroxyl groups is 2. The Hall–Kier alpha value is -0.200. The molecule has 0 amide bonds. The van der Waals surface area contributed by atoms with E-state index in [0.717, 1.165) is 0 Å². The van der Waals surface area contributed by atoms with Crippen molar-refractivity contribution in [2.24, 2.45) is 11.8 Å². The van der Waals surface area contributed by atoms with E-state index in [-0.39, 0.29) is 18.1 Å². The lowest BCUT2D eigenvalue weighted by Crippen LogP contribution is -2.49. The summed E-state index contributed by atoms with van der Waals surface area (Å²) in [5.74, 6) is -0.224. The van der Waals surface area contributed by atoms with E-state index in [1.807, 2.05) is 0 Å². The van der Waals surface area contributed by atoms with Crippen molar-refractivity contribution in [3.63, 3.8) is 0 Å². The predicted molar refractivity (Wildman–Crippen MR) is 55.5 cm³/mol. The van der Waals surface area contributed by atoms with E-state index in [9.17, 15) is 10.2 Å². The standard InChI is InChI=1S/C11H20O5/c1-11(13)5-7(12)6-4-8(14-2)16-10(15-3)9(6)11/h6-10,12-13H,4-5H2,1-3H3. The van der Waals surface area contributed by atoms with Gasteiger partial charge in [-0.2, -0.15) is 0 Å². The molecule has 0 aromatic carbocycles. The molecule has 2 N–H and O–H groups in total. The highest BCUT2D eigenvalue weighted by atomic mass is 16.8. The van der Waals surface area contributed by atoms with Crippen LogP contribution in [0.15, 0.2) is 0 Å². The summed E-state index contributed by atoms with van der Waals surface area (Å²) in [6.07, 6.45) is -0.440. The Balaban J connectivity index is 2.21. The third-order valence-corrected chi connectivity index (χ3v) is 3.83. The largest absolute Gasteiger partial charge is 0.393 e. The van der Waals surface area contributed by atoms with Gasteiger partial charge in [-0.15, -0.1) is 0 Å². The normalized spacial score (nSPS) is 52.7. The maximum absolute atomic E-state index is 10.3. The van der Waals surface area contributed by atoms with Gasteiger partial charge in [0.05, 0.1) is 11.7 Å². The molecule has 0 aromatic rings. The average molecular weight is 232 g/mol. The van der Waals surface area contributed by atoms with Crippen LogP contribution in [0.4, 0.5) is 0 Å². The second kappa shape index (κ2) is 4.23. The smallest absolute Gasteiger partial charge is 0.166 e. The van der Waals surface area contributed by atoms with E-state index in [4.69, 9.17) is 14.2 Å². The van der Waals surface area contributed by atoms with Gasteiger partial charge in [-0.1, -0.05) is 0 Å². The summed E-state index contributed by atoms with van der Waals surface area (Å²) in [7, 11) is 3.11. The molecule has 16 heavy (non-hydrogen) atoms. The lowest BCUT2D eigenvalue weighted by Gasteiger charge is -2.41. The summed E-state index contributed by atoms with van der Waals surface area (Å²) in [6.45, 7) is 1.73. The van der Waals surface area contributed by atoms with Crippen molar-refractivity contribution in [2.75, 3.05) is 14.2 Å². The molecule has 1 aliphatic carbocycles. The minimum atomic E-state index is -0.941. The second-order valence-electron chi connectivity index (χ2n) is 4.96. The molecule has 2 aliphatic rings. The Labute approximate surface area is 95.3 Å². The molecule has 1 saturated carbocycles. The van der Waals surface area contributed by atoms with Crippen LogP contribution < -0.4 is 0 Å². The molecule has 1 aliphatic heterocycles. The van der Waals surface area contributed by atoms with Crippen LogP contribution in [0.1, 0.15) is 19.8 Å². The van der Waals surface area contributed by atoms with E-state index in [1.54, 1.807) is 21.1 Å². The highest BCUT2D eigenvalue weighted by molar-refractivity contribution is 5.02. The molecule has 0 bridgehead atoms. The SMILES string of the molecule is COC1CC2C(O)CC(C)(O)C2C(OC)O1. The van der Waals surface area contributed by atoms with Crippen LogP contribution in [-0.4, -0.2) is 48.7 Å². The molecule has 6 atom stereocenters. The molecule has 0 spiro atoms. The molecule has 0 aromatic heterocycles. The molecule has 1 heterocycles. The fourth-order valence-electron chi connectivity index (χ4n) is 3.08. The zero-order valence-electron chi connectivity index (χ0n) is 9.92. The Morgan fingerprint density at radius 2 is 2.00 bits per heavy atom. The van der Waals surface area contributed by atoms with Gasteiger partial charge in [0.25, 0.3) is 0 Å². The molecule has 0 radical (unpaired) electrons. The van der Waals surface area contributed by atoms with Gasteiger partial charge in [-0.25, -0.2) is 0 Å². The van der Waals surface area contributed by atoms with Gasteiger partial charge in [0.1, 0.15) is 0 Å². The Kier molecular flexibility index (Phi) is 3.25. The molecule has 2 fully saturated rings. The summed E-state index contributed by atoms with van der Waals surface area (Å²) >= 11 is 0. The molecule has 2 rings (SSSR count). The minimum Gasteiger partial charge on any atom is -0.393 e. The van der Waals surface area contributed by atoms with Gasteiger partial charge >= 0.3 is 0 Å². The summed E-state index contributed by atoms with van der Waals surface area (Å²) in [6, 6.07) is 0. The summed E-state index contributed by atoms with van der Waals surface area (Å²) in [4.78, 5) is 0. The average Bonchev–Trinajstić information content (AvgIpc) is 2.48. The third kappa shape index (κ3) is 1.87. The van der Waals surface area contributed by atoms with Crippen molar-refractivity contribution in [3.8, 4) is 0 Å². The number of hydrogen-bond acceptors (Lipinski definition) is 5. The van der Waals surface area contributed by atoms with Gasteiger partial charge in [0.15, 0.2) is 12.6 Å². The monoisotopic (exact) mass is 232 g/mol. The topological polar surface area (TPSA) is 68.2 Å².